The number of halogens is 4. The van der Waals surface area contributed by atoms with Crippen LogP contribution in [0.15, 0.2) is 18.2 Å². The maximum Gasteiger partial charge on any atom is 0.416 e. The van der Waals surface area contributed by atoms with Gasteiger partial charge in [-0.2, -0.15) is 13.2 Å². The van der Waals surface area contributed by atoms with E-state index in [1.54, 1.807) is 0 Å². The number of hydrogen-bond acceptors (Lipinski definition) is 2. The van der Waals surface area contributed by atoms with Gasteiger partial charge in [-0.3, -0.25) is 4.79 Å². The van der Waals surface area contributed by atoms with Gasteiger partial charge < -0.3 is 10.8 Å². The van der Waals surface area contributed by atoms with Crippen LogP contribution in [0.1, 0.15) is 23.6 Å². The zero-order valence-corrected chi connectivity index (χ0v) is 9.22. The summed E-state index contributed by atoms with van der Waals surface area (Å²) in [5.74, 6) is -1.14. The largest absolute Gasteiger partial charge is 0.481 e. The minimum absolute atomic E-state index is 0.182. The van der Waals surface area contributed by atoms with Crippen molar-refractivity contribution in [2.45, 2.75) is 18.6 Å². The van der Waals surface area contributed by atoms with Crippen molar-refractivity contribution < 1.29 is 23.1 Å². The highest BCUT2D eigenvalue weighted by molar-refractivity contribution is 6.31. The second-order valence-corrected chi connectivity index (χ2v) is 3.85. The van der Waals surface area contributed by atoms with E-state index in [-0.39, 0.29) is 10.6 Å². The van der Waals surface area contributed by atoms with Gasteiger partial charge in [0.1, 0.15) is 0 Å². The van der Waals surface area contributed by atoms with Gasteiger partial charge >= 0.3 is 12.1 Å². The first kappa shape index (κ1) is 13.8. The molecule has 1 unspecified atom stereocenters. The number of carboxylic acid groups (broad SMARTS) is 1. The number of rotatable bonds is 3. The third-order valence-electron chi connectivity index (χ3n) is 2.12. The molecule has 1 aromatic rings. The van der Waals surface area contributed by atoms with E-state index in [0.717, 1.165) is 18.2 Å². The first-order chi connectivity index (χ1) is 7.71. The Kier molecular flexibility index (Phi) is 4.00. The molecule has 17 heavy (non-hydrogen) atoms. The van der Waals surface area contributed by atoms with Crippen LogP contribution in [0, 0.1) is 0 Å². The fraction of sp³-hybridized carbons (Fsp3) is 0.300. The lowest BCUT2D eigenvalue weighted by Gasteiger charge is -2.13. The topological polar surface area (TPSA) is 63.3 Å². The summed E-state index contributed by atoms with van der Waals surface area (Å²) in [6.07, 6.45) is -4.88. The Hall–Kier alpha value is -1.27. The van der Waals surface area contributed by atoms with Crippen LogP contribution in [0.3, 0.4) is 0 Å². The lowest BCUT2D eigenvalue weighted by molar-refractivity contribution is -0.138. The van der Waals surface area contributed by atoms with E-state index in [0.29, 0.717) is 0 Å². The van der Waals surface area contributed by atoms with Crippen molar-refractivity contribution in [3.8, 4) is 0 Å². The number of aliphatic carboxylic acids is 1. The first-order valence-electron chi connectivity index (χ1n) is 4.56. The van der Waals surface area contributed by atoms with E-state index in [1.165, 1.54) is 0 Å². The highest BCUT2D eigenvalue weighted by Gasteiger charge is 2.31. The van der Waals surface area contributed by atoms with Gasteiger partial charge in [-0.05, 0) is 17.7 Å². The van der Waals surface area contributed by atoms with Gasteiger partial charge in [-0.25, -0.2) is 0 Å². The van der Waals surface area contributed by atoms with Gasteiger partial charge in [0.05, 0.1) is 12.0 Å². The number of hydrogen-bond donors (Lipinski definition) is 2. The Morgan fingerprint density at radius 1 is 1.47 bits per heavy atom. The van der Waals surface area contributed by atoms with Crippen molar-refractivity contribution in [1.29, 1.82) is 0 Å². The summed E-state index contributed by atoms with van der Waals surface area (Å²) in [5.41, 5.74) is 4.80. The van der Waals surface area contributed by atoms with Crippen molar-refractivity contribution in [3.63, 3.8) is 0 Å². The average molecular weight is 268 g/mol. The number of carboxylic acids is 1. The van der Waals surface area contributed by atoms with Gasteiger partial charge in [0.2, 0.25) is 0 Å². The van der Waals surface area contributed by atoms with Crippen molar-refractivity contribution >= 4 is 17.6 Å². The smallest absolute Gasteiger partial charge is 0.416 e. The molecule has 94 valence electrons. The summed E-state index contributed by atoms with van der Waals surface area (Å²) in [7, 11) is 0. The predicted octanol–water partition coefficient (Wildman–Crippen LogP) is 2.83. The standard InChI is InChI=1S/C10H9ClF3NO2/c11-7-3-5(10(12,13)14)1-2-6(7)8(15)4-9(16)17/h1-3,8H,4,15H2,(H,16,17). The van der Waals surface area contributed by atoms with Gasteiger partial charge in [0.15, 0.2) is 0 Å². The lowest BCUT2D eigenvalue weighted by atomic mass is 10.0. The van der Waals surface area contributed by atoms with Crippen LogP contribution in [-0.4, -0.2) is 11.1 Å². The molecule has 0 aliphatic carbocycles. The maximum absolute atomic E-state index is 12.3. The van der Waals surface area contributed by atoms with Crippen LogP contribution in [0.25, 0.3) is 0 Å². The minimum atomic E-state index is -4.49. The summed E-state index contributed by atoms with van der Waals surface area (Å²) in [6.45, 7) is 0. The zero-order valence-electron chi connectivity index (χ0n) is 8.46. The molecule has 0 amide bonds. The number of benzene rings is 1. The number of nitrogens with two attached hydrogens (primary N) is 1. The summed E-state index contributed by atoms with van der Waals surface area (Å²) >= 11 is 5.64. The molecule has 1 aromatic carbocycles. The van der Waals surface area contributed by atoms with Gasteiger partial charge in [-0.1, -0.05) is 17.7 Å². The van der Waals surface area contributed by atoms with E-state index in [4.69, 9.17) is 22.4 Å². The van der Waals surface area contributed by atoms with Crippen LogP contribution < -0.4 is 5.73 Å². The second kappa shape index (κ2) is 4.93. The lowest BCUT2D eigenvalue weighted by Crippen LogP contribution is -2.16. The Morgan fingerprint density at radius 2 is 2.06 bits per heavy atom. The van der Waals surface area contributed by atoms with Gasteiger partial charge in [0, 0.05) is 11.1 Å². The summed E-state index contributed by atoms with van der Waals surface area (Å²) < 4.78 is 37.0. The minimum Gasteiger partial charge on any atom is -0.481 e. The molecular weight excluding hydrogens is 259 g/mol. The summed E-state index contributed by atoms with van der Waals surface area (Å²) in [5, 5.41) is 8.33. The third-order valence-corrected chi connectivity index (χ3v) is 2.45. The molecule has 0 spiro atoms. The Morgan fingerprint density at radius 3 is 2.47 bits per heavy atom. The number of carbonyl (C=O) groups is 1. The molecule has 0 saturated carbocycles. The van der Waals surface area contributed by atoms with Crippen LogP contribution in [0.2, 0.25) is 5.02 Å². The third kappa shape index (κ3) is 3.61. The van der Waals surface area contributed by atoms with Crippen molar-refractivity contribution in [2.24, 2.45) is 5.73 Å². The van der Waals surface area contributed by atoms with Crippen molar-refractivity contribution in [3.05, 3.63) is 34.3 Å². The van der Waals surface area contributed by atoms with Gasteiger partial charge in [-0.15, -0.1) is 0 Å². The molecule has 3 N–H and O–H groups in total. The zero-order chi connectivity index (χ0) is 13.2. The highest BCUT2D eigenvalue weighted by atomic mass is 35.5. The van der Waals surface area contributed by atoms with Crippen molar-refractivity contribution in [1.82, 2.24) is 0 Å². The van der Waals surface area contributed by atoms with E-state index in [9.17, 15) is 18.0 Å². The predicted molar refractivity (Wildman–Crippen MR) is 55.6 cm³/mol. The summed E-state index contributed by atoms with van der Waals surface area (Å²) in [6, 6.07) is 1.72. The molecule has 1 atom stereocenters. The molecule has 1 rings (SSSR count). The maximum atomic E-state index is 12.3. The number of alkyl halides is 3. The molecule has 0 aliphatic rings. The quantitative estimate of drug-likeness (QED) is 0.885. The average Bonchev–Trinajstić information content (AvgIpc) is 2.14. The molecule has 0 radical (unpaired) electrons. The van der Waals surface area contributed by atoms with Gasteiger partial charge in [0.25, 0.3) is 0 Å². The van der Waals surface area contributed by atoms with Crippen LogP contribution in [-0.2, 0) is 11.0 Å². The molecule has 0 fully saturated rings. The molecule has 0 saturated heterocycles. The normalized spacial score (nSPS) is 13.5. The molecule has 0 aromatic heterocycles. The Bertz CT molecular complexity index is 434. The second-order valence-electron chi connectivity index (χ2n) is 3.44. The summed E-state index contributed by atoms with van der Waals surface area (Å²) in [4.78, 5) is 10.4. The van der Waals surface area contributed by atoms with Crippen LogP contribution in [0.5, 0.6) is 0 Å². The molecule has 0 bridgehead atoms. The molecular formula is C10H9ClF3NO2. The fourth-order valence-corrected chi connectivity index (χ4v) is 1.62. The highest BCUT2D eigenvalue weighted by Crippen LogP contribution is 2.33. The first-order valence-corrected chi connectivity index (χ1v) is 4.93. The Balaban J connectivity index is 3.02. The molecule has 3 nitrogen and oxygen atoms in total. The molecule has 0 heterocycles. The Labute approximate surface area is 100.0 Å². The van der Waals surface area contributed by atoms with Crippen molar-refractivity contribution in [2.75, 3.05) is 0 Å². The van der Waals surface area contributed by atoms with E-state index in [1.807, 2.05) is 0 Å². The molecule has 0 aliphatic heterocycles. The van der Waals surface area contributed by atoms with E-state index < -0.39 is 30.2 Å². The molecule has 7 heteroatoms. The van der Waals surface area contributed by atoms with E-state index in [2.05, 4.69) is 0 Å². The van der Waals surface area contributed by atoms with Crippen LogP contribution in [0.4, 0.5) is 13.2 Å². The SMILES string of the molecule is NC(CC(=O)O)c1ccc(C(F)(F)F)cc1Cl. The monoisotopic (exact) mass is 267 g/mol. The van der Waals surface area contributed by atoms with Crippen LogP contribution >= 0.6 is 11.6 Å². The fourth-order valence-electron chi connectivity index (χ4n) is 1.30. The van der Waals surface area contributed by atoms with E-state index >= 15 is 0 Å².